The van der Waals surface area contributed by atoms with Crippen LogP contribution in [0.15, 0.2) is 46.9 Å². The molecule has 4 fully saturated rings. The van der Waals surface area contributed by atoms with Gasteiger partial charge in [0.05, 0.1) is 11.4 Å². The summed E-state index contributed by atoms with van der Waals surface area (Å²) in [7, 11) is 0. The van der Waals surface area contributed by atoms with E-state index in [1.54, 1.807) is 11.3 Å². The van der Waals surface area contributed by atoms with Gasteiger partial charge in [-0.05, 0) is 50.2 Å². The van der Waals surface area contributed by atoms with Crippen molar-refractivity contribution in [3.05, 3.63) is 42.5 Å². The predicted molar refractivity (Wildman–Crippen MR) is 105 cm³/mol. The van der Waals surface area contributed by atoms with Crippen LogP contribution in [-0.4, -0.2) is 42.8 Å². The summed E-state index contributed by atoms with van der Waals surface area (Å²) in [6.07, 6.45) is 2.06. The van der Waals surface area contributed by atoms with E-state index < -0.39 is 0 Å². The first kappa shape index (κ1) is 15.7. The lowest BCUT2D eigenvalue weighted by Gasteiger charge is -2.49. The van der Waals surface area contributed by atoms with Gasteiger partial charge in [0, 0.05) is 17.8 Å². The van der Waals surface area contributed by atoms with E-state index in [9.17, 15) is 4.79 Å². The maximum Gasteiger partial charge on any atom is 0.415 e. The molecule has 0 saturated carbocycles. The third-order valence-corrected chi connectivity index (χ3v) is 7.41. The number of hydrogen-bond donors (Lipinski definition) is 0. The summed E-state index contributed by atoms with van der Waals surface area (Å²) in [6, 6.07) is 14.1. The Kier molecular flexibility index (Phi) is 3.26. The van der Waals surface area contributed by atoms with Gasteiger partial charge < -0.3 is 9.15 Å². The van der Waals surface area contributed by atoms with Crippen LogP contribution in [-0.2, 0) is 4.74 Å². The molecule has 4 aliphatic heterocycles. The lowest BCUT2D eigenvalue weighted by molar-refractivity contribution is -0.0881. The number of benzene rings is 1. The standard InChI is InChI=1S/C21H20N2O3S/c24-20-23(13-21(26-20)12-22-9-7-15(21)8-10-22)19-6-5-18(27-19)17-11-14-3-1-2-4-16(14)25-17/h1-6,11,15H,7-10,12-13H2/t21-/m1/s1. The molecule has 6 heterocycles. The number of thiophene rings is 1. The van der Waals surface area contributed by atoms with Crippen LogP contribution in [0.4, 0.5) is 9.80 Å². The molecule has 1 spiro atoms. The van der Waals surface area contributed by atoms with E-state index in [2.05, 4.69) is 11.0 Å². The Labute approximate surface area is 161 Å². The molecule has 0 unspecified atom stereocenters. The third-order valence-electron chi connectivity index (χ3n) is 6.29. The van der Waals surface area contributed by atoms with Crippen molar-refractivity contribution in [2.75, 3.05) is 31.1 Å². The summed E-state index contributed by atoms with van der Waals surface area (Å²) in [4.78, 5) is 18.0. The summed E-state index contributed by atoms with van der Waals surface area (Å²) >= 11 is 1.59. The fourth-order valence-corrected chi connectivity index (χ4v) is 5.84. The van der Waals surface area contributed by atoms with E-state index in [1.807, 2.05) is 41.3 Å². The van der Waals surface area contributed by atoms with Crippen LogP contribution in [0, 0.1) is 5.92 Å². The van der Waals surface area contributed by atoms with E-state index in [1.165, 1.54) is 0 Å². The Hall–Kier alpha value is -2.31. The molecule has 27 heavy (non-hydrogen) atoms. The van der Waals surface area contributed by atoms with E-state index in [0.29, 0.717) is 12.5 Å². The zero-order valence-corrected chi connectivity index (χ0v) is 15.7. The number of amides is 1. The van der Waals surface area contributed by atoms with E-state index in [-0.39, 0.29) is 11.7 Å². The largest absolute Gasteiger partial charge is 0.455 e. The number of nitrogens with zero attached hydrogens (tertiary/aromatic N) is 2. The molecule has 0 radical (unpaired) electrons. The Morgan fingerprint density at radius 1 is 1.07 bits per heavy atom. The molecular weight excluding hydrogens is 360 g/mol. The normalized spacial score (nSPS) is 29.8. The van der Waals surface area contributed by atoms with Crippen LogP contribution in [0.1, 0.15) is 12.8 Å². The summed E-state index contributed by atoms with van der Waals surface area (Å²) in [6.45, 7) is 3.81. The molecule has 4 aliphatic rings. The molecule has 2 aromatic heterocycles. The van der Waals surface area contributed by atoms with Gasteiger partial charge in [0.2, 0.25) is 0 Å². The van der Waals surface area contributed by atoms with Crippen molar-refractivity contribution in [3.63, 3.8) is 0 Å². The van der Waals surface area contributed by atoms with Crippen molar-refractivity contribution >= 4 is 33.4 Å². The highest BCUT2D eigenvalue weighted by Crippen LogP contribution is 2.45. The van der Waals surface area contributed by atoms with Crippen molar-refractivity contribution < 1.29 is 13.9 Å². The fraction of sp³-hybridized carbons (Fsp3) is 0.381. The van der Waals surface area contributed by atoms with Gasteiger partial charge in [0.25, 0.3) is 0 Å². The van der Waals surface area contributed by atoms with Crippen LogP contribution in [0.5, 0.6) is 0 Å². The number of rotatable bonds is 2. The van der Waals surface area contributed by atoms with E-state index in [4.69, 9.17) is 9.15 Å². The Morgan fingerprint density at radius 2 is 1.93 bits per heavy atom. The summed E-state index contributed by atoms with van der Waals surface area (Å²) in [5.74, 6) is 1.34. The third kappa shape index (κ3) is 2.36. The first-order chi connectivity index (χ1) is 13.2. The second-order valence-electron chi connectivity index (χ2n) is 7.86. The molecule has 7 rings (SSSR count). The van der Waals surface area contributed by atoms with Crippen molar-refractivity contribution in [2.24, 2.45) is 5.92 Å². The zero-order chi connectivity index (χ0) is 18.0. The number of piperidine rings is 3. The Bertz CT molecular complexity index is 1000. The lowest BCUT2D eigenvalue weighted by Crippen LogP contribution is -2.61. The number of carbonyl (C=O) groups excluding carboxylic acids is 1. The van der Waals surface area contributed by atoms with Gasteiger partial charge in [-0.1, -0.05) is 18.2 Å². The second-order valence-corrected chi connectivity index (χ2v) is 8.92. The number of carbonyl (C=O) groups is 1. The minimum absolute atomic E-state index is 0.207. The summed E-state index contributed by atoms with van der Waals surface area (Å²) in [5, 5.41) is 2.03. The number of hydrogen-bond acceptors (Lipinski definition) is 5. The monoisotopic (exact) mass is 380 g/mol. The molecular formula is C21H20N2O3S. The predicted octanol–water partition coefficient (Wildman–Crippen LogP) is 4.58. The molecule has 1 aromatic carbocycles. The highest BCUT2D eigenvalue weighted by molar-refractivity contribution is 7.19. The average molecular weight is 380 g/mol. The van der Waals surface area contributed by atoms with Crippen LogP contribution in [0.25, 0.3) is 21.6 Å². The Morgan fingerprint density at radius 3 is 2.70 bits per heavy atom. The highest BCUT2D eigenvalue weighted by Gasteiger charge is 2.55. The molecule has 5 nitrogen and oxygen atoms in total. The average Bonchev–Trinajstić information content (AvgIpc) is 3.39. The van der Waals surface area contributed by atoms with Gasteiger partial charge in [-0.25, -0.2) is 4.79 Å². The van der Waals surface area contributed by atoms with Gasteiger partial charge in [-0.3, -0.25) is 9.80 Å². The SMILES string of the molecule is O=C1O[C@]2(CN3CCC2CC3)CN1c1ccc(-c2cc3ccccc3o2)s1. The molecule has 3 aromatic rings. The van der Waals surface area contributed by atoms with Gasteiger partial charge in [0.15, 0.2) is 0 Å². The number of ether oxygens (including phenoxy) is 1. The van der Waals surface area contributed by atoms with Crippen molar-refractivity contribution in [3.8, 4) is 10.6 Å². The van der Waals surface area contributed by atoms with Crippen LogP contribution >= 0.6 is 11.3 Å². The van der Waals surface area contributed by atoms with E-state index in [0.717, 1.165) is 59.1 Å². The zero-order valence-electron chi connectivity index (χ0n) is 14.9. The van der Waals surface area contributed by atoms with Gasteiger partial charge in [-0.2, -0.15) is 0 Å². The number of para-hydroxylation sites is 1. The molecule has 138 valence electrons. The van der Waals surface area contributed by atoms with Gasteiger partial charge in [0.1, 0.15) is 21.9 Å². The molecule has 0 aliphatic carbocycles. The van der Waals surface area contributed by atoms with Gasteiger partial charge >= 0.3 is 6.09 Å². The van der Waals surface area contributed by atoms with Crippen LogP contribution < -0.4 is 4.90 Å². The number of fused-ring (bicyclic) bond motifs is 3. The molecule has 1 amide bonds. The highest BCUT2D eigenvalue weighted by atomic mass is 32.1. The smallest absolute Gasteiger partial charge is 0.415 e. The topological polar surface area (TPSA) is 45.9 Å². The molecule has 4 saturated heterocycles. The quantitative estimate of drug-likeness (QED) is 0.653. The second kappa shape index (κ2) is 5.59. The minimum Gasteiger partial charge on any atom is -0.455 e. The van der Waals surface area contributed by atoms with Crippen molar-refractivity contribution in [1.82, 2.24) is 4.90 Å². The lowest BCUT2D eigenvalue weighted by atomic mass is 9.75. The first-order valence-electron chi connectivity index (χ1n) is 9.52. The minimum atomic E-state index is -0.322. The Balaban J connectivity index is 1.30. The number of furan rings is 1. The maximum absolute atomic E-state index is 12.7. The molecule has 0 N–H and O–H groups in total. The molecule has 6 heteroatoms. The van der Waals surface area contributed by atoms with Crippen molar-refractivity contribution in [2.45, 2.75) is 18.4 Å². The molecule has 2 bridgehead atoms. The summed E-state index contributed by atoms with van der Waals surface area (Å²) < 4.78 is 12.0. The number of anilines is 1. The first-order valence-corrected chi connectivity index (χ1v) is 10.3. The fourth-order valence-electron chi connectivity index (χ4n) is 4.89. The maximum atomic E-state index is 12.7. The van der Waals surface area contributed by atoms with Crippen LogP contribution in [0.3, 0.4) is 0 Å². The molecule has 1 atom stereocenters. The van der Waals surface area contributed by atoms with E-state index >= 15 is 0 Å². The van der Waals surface area contributed by atoms with Crippen LogP contribution in [0.2, 0.25) is 0 Å². The van der Waals surface area contributed by atoms with Gasteiger partial charge in [-0.15, -0.1) is 11.3 Å². The summed E-state index contributed by atoms with van der Waals surface area (Å²) in [5.41, 5.74) is 0.561. The van der Waals surface area contributed by atoms with Crippen molar-refractivity contribution in [1.29, 1.82) is 0 Å².